The molecule has 0 amide bonds. The number of pyridine rings is 1. The van der Waals surface area contributed by atoms with Crippen molar-refractivity contribution in [3.63, 3.8) is 0 Å². The summed E-state index contributed by atoms with van der Waals surface area (Å²) in [5, 5.41) is 0. The molecule has 0 aliphatic carbocycles. The van der Waals surface area contributed by atoms with Gasteiger partial charge in [0.1, 0.15) is 12.4 Å². The summed E-state index contributed by atoms with van der Waals surface area (Å²) in [6, 6.07) is 13.2. The van der Waals surface area contributed by atoms with E-state index in [1.54, 1.807) is 16.8 Å². The molecule has 1 aromatic carbocycles. The highest BCUT2D eigenvalue weighted by atomic mass is 16.5. The minimum Gasteiger partial charge on any atom is -0.487 e. The molecular weight excluding hydrogens is 214 g/mol. The van der Waals surface area contributed by atoms with E-state index in [-0.39, 0.29) is 5.56 Å². The number of aromatic nitrogens is 1. The van der Waals surface area contributed by atoms with Crippen LogP contribution in [0.5, 0.6) is 5.75 Å². The van der Waals surface area contributed by atoms with Gasteiger partial charge in [-0.2, -0.15) is 0 Å². The lowest BCUT2D eigenvalue weighted by atomic mass is 10.2. The van der Waals surface area contributed by atoms with Crippen LogP contribution >= 0.6 is 0 Å². The number of benzene rings is 1. The summed E-state index contributed by atoms with van der Waals surface area (Å²) in [5.74, 6) is 0.718. The number of hydrogen-bond donors (Lipinski definition) is 0. The Morgan fingerprint density at radius 3 is 2.59 bits per heavy atom. The highest BCUT2D eigenvalue weighted by Crippen LogP contribution is 2.10. The normalized spacial score (nSPS) is 10.2. The van der Waals surface area contributed by atoms with Crippen LogP contribution < -0.4 is 10.3 Å². The minimum absolute atomic E-state index is 0.000406. The fourth-order valence-corrected chi connectivity index (χ4v) is 1.58. The molecule has 0 radical (unpaired) electrons. The first-order valence-corrected chi connectivity index (χ1v) is 5.67. The maximum atomic E-state index is 11.4. The van der Waals surface area contributed by atoms with Gasteiger partial charge in [-0.25, -0.2) is 0 Å². The van der Waals surface area contributed by atoms with Gasteiger partial charge in [-0.15, -0.1) is 0 Å². The molecule has 0 atom stereocenters. The lowest BCUT2D eigenvalue weighted by Crippen LogP contribution is -2.17. The summed E-state index contributed by atoms with van der Waals surface area (Å²) in [4.78, 5) is 11.4. The second-order valence-electron chi connectivity index (χ2n) is 3.76. The molecule has 3 heteroatoms. The van der Waals surface area contributed by atoms with Gasteiger partial charge in [-0.05, 0) is 18.6 Å². The van der Waals surface area contributed by atoms with E-state index in [1.165, 1.54) is 6.07 Å². The van der Waals surface area contributed by atoms with E-state index in [2.05, 4.69) is 0 Å². The SMILES string of the molecule is CCn1cc(OCc2ccccc2)ccc1=O. The van der Waals surface area contributed by atoms with Gasteiger partial charge in [-0.1, -0.05) is 30.3 Å². The maximum absolute atomic E-state index is 11.4. The number of hydrogen-bond acceptors (Lipinski definition) is 2. The zero-order valence-electron chi connectivity index (χ0n) is 9.80. The third kappa shape index (κ3) is 2.97. The quantitative estimate of drug-likeness (QED) is 0.806. The molecule has 17 heavy (non-hydrogen) atoms. The molecule has 0 aliphatic heterocycles. The number of nitrogens with zero attached hydrogens (tertiary/aromatic N) is 1. The average molecular weight is 229 g/mol. The van der Waals surface area contributed by atoms with E-state index in [0.717, 1.165) is 11.3 Å². The Kier molecular flexibility index (Phi) is 3.60. The van der Waals surface area contributed by atoms with Crippen LogP contribution in [0.25, 0.3) is 0 Å². The standard InChI is InChI=1S/C14H15NO2/c1-2-15-10-13(8-9-14(15)16)17-11-12-6-4-3-5-7-12/h3-10H,2,11H2,1H3. The molecule has 1 aromatic heterocycles. The van der Waals surface area contributed by atoms with E-state index in [4.69, 9.17) is 4.74 Å². The van der Waals surface area contributed by atoms with Crippen molar-refractivity contribution in [3.8, 4) is 5.75 Å². The average Bonchev–Trinajstić information content (AvgIpc) is 2.39. The first-order chi connectivity index (χ1) is 8.29. The number of ether oxygens (including phenoxy) is 1. The second kappa shape index (κ2) is 5.34. The summed E-state index contributed by atoms with van der Waals surface area (Å²) >= 11 is 0. The highest BCUT2D eigenvalue weighted by Gasteiger charge is 1.98. The predicted octanol–water partition coefficient (Wildman–Crippen LogP) is 2.45. The Balaban J connectivity index is 2.07. The molecule has 0 bridgehead atoms. The van der Waals surface area contributed by atoms with Gasteiger partial charge in [0, 0.05) is 18.8 Å². The molecule has 0 fully saturated rings. The molecule has 0 unspecified atom stereocenters. The van der Waals surface area contributed by atoms with Crippen molar-refractivity contribution in [2.45, 2.75) is 20.1 Å². The fourth-order valence-electron chi connectivity index (χ4n) is 1.58. The van der Waals surface area contributed by atoms with Gasteiger partial charge in [0.25, 0.3) is 5.56 Å². The first-order valence-electron chi connectivity index (χ1n) is 5.67. The van der Waals surface area contributed by atoms with Crippen LogP contribution in [0.4, 0.5) is 0 Å². The third-order valence-electron chi connectivity index (χ3n) is 2.55. The predicted molar refractivity (Wildman–Crippen MR) is 67.2 cm³/mol. The molecule has 2 rings (SSSR count). The van der Waals surface area contributed by atoms with Gasteiger partial charge in [0.15, 0.2) is 0 Å². The van der Waals surface area contributed by atoms with Crippen molar-refractivity contribution in [1.29, 1.82) is 0 Å². The van der Waals surface area contributed by atoms with Crippen LogP contribution in [0.3, 0.4) is 0 Å². The van der Waals surface area contributed by atoms with Crippen LogP contribution in [0, 0.1) is 0 Å². The summed E-state index contributed by atoms with van der Waals surface area (Å²) in [5.41, 5.74) is 1.11. The molecule has 0 aliphatic rings. The third-order valence-corrected chi connectivity index (χ3v) is 2.55. The zero-order chi connectivity index (χ0) is 12.1. The van der Waals surface area contributed by atoms with E-state index in [1.807, 2.05) is 37.3 Å². The number of rotatable bonds is 4. The van der Waals surface area contributed by atoms with Crippen molar-refractivity contribution in [3.05, 3.63) is 64.6 Å². The fraction of sp³-hybridized carbons (Fsp3) is 0.214. The lowest BCUT2D eigenvalue weighted by Gasteiger charge is -2.08. The van der Waals surface area contributed by atoms with Crippen LogP contribution in [0.1, 0.15) is 12.5 Å². The summed E-state index contributed by atoms with van der Waals surface area (Å²) in [6.07, 6.45) is 1.74. The van der Waals surface area contributed by atoms with Crippen molar-refractivity contribution < 1.29 is 4.74 Å². The number of aryl methyl sites for hydroxylation is 1. The van der Waals surface area contributed by atoms with Crippen LogP contribution in [-0.2, 0) is 13.2 Å². The second-order valence-corrected chi connectivity index (χ2v) is 3.76. The molecule has 88 valence electrons. The topological polar surface area (TPSA) is 31.2 Å². The van der Waals surface area contributed by atoms with Crippen molar-refractivity contribution in [2.24, 2.45) is 0 Å². The smallest absolute Gasteiger partial charge is 0.250 e. The minimum atomic E-state index is -0.000406. The van der Waals surface area contributed by atoms with Crippen LogP contribution in [0.15, 0.2) is 53.5 Å². The first kappa shape index (κ1) is 11.5. The van der Waals surface area contributed by atoms with E-state index in [9.17, 15) is 4.79 Å². The summed E-state index contributed by atoms with van der Waals surface area (Å²) < 4.78 is 7.26. The zero-order valence-corrected chi connectivity index (χ0v) is 9.80. The van der Waals surface area contributed by atoms with E-state index in [0.29, 0.717) is 13.2 Å². The van der Waals surface area contributed by atoms with Gasteiger partial charge < -0.3 is 9.30 Å². The highest BCUT2D eigenvalue weighted by molar-refractivity contribution is 5.19. The van der Waals surface area contributed by atoms with Gasteiger partial charge >= 0.3 is 0 Å². The Labute approximate surface area is 100 Å². The van der Waals surface area contributed by atoms with Gasteiger partial charge in [-0.3, -0.25) is 4.79 Å². The molecule has 3 nitrogen and oxygen atoms in total. The van der Waals surface area contributed by atoms with Gasteiger partial charge in [0.2, 0.25) is 0 Å². The van der Waals surface area contributed by atoms with Crippen LogP contribution in [0.2, 0.25) is 0 Å². The van der Waals surface area contributed by atoms with Crippen LogP contribution in [-0.4, -0.2) is 4.57 Å². The Morgan fingerprint density at radius 1 is 1.12 bits per heavy atom. The molecule has 2 aromatic rings. The maximum Gasteiger partial charge on any atom is 0.250 e. The Bertz CT molecular complexity index is 531. The summed E-state index contributed by atoms with van der Waals surface area (Å²) in [6.45, 7) is 3.10. The Morgan fingerprint density at radius 2 is 1.88 bits per heavy atom. The van der Waals surface area contributed by atoms with E-state index >= 15 is 0 Å². The summed E-state index contributed by atoms with van der Waals surface area (Å²) in [7, 11) is 0. The van der Waals surface area contributed by atoms with Gasteiger partial charge in [0.05, 0.1) is 0 Å². The molecular formula is C14H15NO2. The molecule has 0 spiro atoms. The monoisotopic (exact) mass is 229 g/mol. The molecule has 0 saturated carbocycles. The van der Waals surface area contributed by atoms with Crippen molar-refractivity contribution >= 4 is 0 Å². The molecule has 0 saturated heterocycles. The molecule has 0 N–H and O–H groups in total. The lowest BCUT2D eigenvalue weighted by molar-refractivity contribution is 0.303. The van der Waals surface area contributed by atoms with E-state index < -0.39 is 0 Å². The molecule has 1 heterocycles. The van der Waals surface area contributed by atoms with Crippen molar-refractivity contribution in [2.75, 3.05) is 0 Å². The Hall–Kier alpha value is -2.03. The van der Waals surface area contributed by atoms with Crippen molar-refractivity contribution in [1.82, 2.24) is 4.57 Å². The largest absolute Gasteiger partial charge is 0.487 e.